The molecular weight excluding hydrogens is 320 g/mol. The molecule has 0 bridgehead atoms. The summed E-state index contributed by atoms with van der Waals surface area (Å²) in [6.45, 7) is 2.88. The molecule has 0 aliphatic rings. The molecule has 2 aromatic carbocycles. The van der Waals surface area contributed by atoms with Gasteiger partial charge in [0.1, 0.15) is 18.2 Å². The largest absolute Gasteiger partial charge is 0.488 e. The van der Waals surface area contributed by atoms with E-state index in [0.717, 1.165) is 11.1 Å². The van der Waals surface area contributed by atoms with E-state index in [2.05, 4.69) is 10.1 Å². The second-order valence-electron chi connectivity index (χ2n) is 4.99. The molecule has 122 valence electrons. The van der Waals surface area contributed by atoms with Gasteiger partial charge in [0.25, 0.3) is 5.17 Å². The Balaban J connectivity index is 2.16. The van der Waals surface area contributed by atoms with E-state index < -0.39 is 12.7 Å². The maximum atomic E-state index is 14.1. The fourth-order valence-electron chi connectivity index (χ4n) is 2.13. The van der Waals surface area contributed by atoms with Crippen LogP contribution in [0.4, 0.5) is 14.5 Å². The first-order chi connectivity index (χ1) is 11.0. The average molecular weight is 337 g/mol. The first-order valence-electron chi connectivity index (χ1n) is 6.98. The number of ether oxygens (including phenoxy) is 2. The zero-order chi connectivity index (χ0) is 16.8. The van der Waals surface area contributed by atoms with Crippen LogP contribution in [0.5, 0.6) is 5.75 Å². The highest BCUT2D eigenvalue weighted by atomic mass is 32.1. The van der Waals surface area contributed by atoms with Gasteiger partial charge < -0.3 is 14.8 Å². The third kappa shape index (κ3) is 4.63. The van der Waals surface area contributed by atoms with Crippen LogP contribution in [0.2, 0.25) is 0 Å². The Morgan fingerprint density at radius 1 is 1.22 bits per heavy atom. The van der Waals surface area contributed by atoms with Crippen molar-refractivity contribution in [2.24, 2.45) is 0 Å². The van der Waals surface area contributed by atoms with Crippen molar-refractivity contribution < 1.29 is 18.3 Å². The molecule has 0 saturated carbocycles. The van der Waals surface area contributed by atoms with Gasteiger partial charge in [-0.25, -0.2) is 8.78 Å². The summed E-state index contributed by atoms with van der Waals surface area (Å²) in [5, 5.41) is 2.50. The van der Waals surface area contributed by atoms with Gasteiger partial charge >= 0.3 is 0 Å². The smallest absolute Gasteiger partial charge is 0.263 e. The molecule has 0 saturated heterocycles. The van der Waals surface area contributed by atoms with Gasteiger partial charge in [-0.05, 0) is 49.8 Å². The molecule has 2 rings (SSSR count). The number of rotatable bonds is 5. The van der Waals surface area contributed by atoms with Gasteiger partial charge in [-0.2, -0.15) is 0 Å². The van der Waals surface area contributed by atoms with Crippen LogP contribution in [0, 0.1) is 19.7 Å². The summed E-state index contributed by atoms with van der Waals surface area (Å²) in [6, 6.07) is 10.2. The molecule has 0 heterocycles. The number of hydrogen-bond donors (Lipinski definition) is 1. The lowest BCUT2D eigenvalue weighted by Gasteiger charge is -2.15. The minimum Gasteiger partial charge on any atom is -0.488 e. The highest BCUT2D eigenvalue weighted by Crippen LogP contribution is 2.24. The summed E-state index contributed by atoms with van der Waals surface area (Å²) in [5.41, 5.74) is 2.76. The number of nitrogens with one attached hydrogen (secondary N) is 1. The second kappa shape index (κ2) is 7.87. The first-order valence-corrected chi connectivity index (χ1v) is 7.39. The summed E-state index contributed by atoms with van der Waals surface area (Å²) in [6.07, 6.45) is 0. The van der Waals surface area contributed by atoms with Crippen molar-refractivity contribution >= 4 is 23.1 Å². The van der Waals surface area contributed by atoms with Gasteiger partial charge in [0.15, 0.2) is 0 Å². The fourth-order valence-corrected chi connectivity index (χ4v) is 2.28. The van der Waals surface area contributed by atoms with Crippen molar-refractivity contribution in [3.63, 3.8) is 0 Å². The average Bonchev–Trinajstić information content (AvgIpc) is 2.48. The lowest BCUT2D eigenvalue weighted by atomic mass is 10.1. The lowest BCUT2D eigenvalue weighted by molar-refractivity contribution is 0.184. The van der Waals surface area contributed by atoms with Gasteiger partial charge in [-0.3, -0.25) is 0 Å². The van der Waals surface area contributed by atoms with Crippen LogP contribution in [0.1, 0.15) is 16.7 Å². The summed E-state index contributed by atoms with van der Waals surface area (Å²) in [5.74, 6) is 0.232. The topological polar surface area (TPSA) is 30.5 Å². The van der Waals surface area contributed by atoms with Crippen LogP contribution in [-0.4, -0.2) is 12.0 Å². The van der Waals surface area contributed by atoms with E-state index in [4.69, 9.17) is 17.0 Å². The third-order valence-corrected chi connectivity index (χ3v) is 3.46. The van der Waals surface area contributed by atoms with Crippen LogP contribution in [-0.2, 0) is 11.3 Å². The van der Waals surface area contributed by atoms with Crippen LogP contribution < -0.4 is 10.1 Å². The van der Waals surface area contributed by atoms with Gasteiger partial charge in [0, 0.05) is 5.56 Å². The summed E-state index contributed by atoms with van der Waals surface area (Å²) in [7, 11) is 0. The quantitative estimate of drug-likeness (QED) is 0.804. The fraction of sp³-hybridized carbons (Fsp3) is 0.235. The number of benzene rings is 2. The molecule has 6 heteroatoms. The molecule has 3 nitrogen and oxygen atoms in total. The SMILES string of the molecule is Cc1ccc(OCc2c(F)cccc2NC(=S)OCF)c(C)c1. The first kappa shape index (κ1) is 17.1. The molecule has 0 aromatic heterocycles. The van der Waals surface area contributed by atoms with Crippen LogP contribution in [0.3, 0.4) is 0 Å². The molecule has 0 atom stereocenters. The van der Waals surface area contributed by atoms with Crippen LogP contribution in [0.15, 0.2) is 36.4 Å². The van der Waals surface area contributed by atoms with Crippen LogP contribution in [0.25, 0.3) is 0 Å². The predicted molar refractivity (Wildman–Crippen MR) is 89.9 cm³/mol. The van der Waals surface area contributed by atoms with Crippen molar-refractivity contribution in [2.75, 3.05) is 12.2 Å². The molecule has 0 aliphatic carbocycles. The summed E-state index contributed by atoms with van der Waals surface area (Å²) < 4.78 is 36.4. The molecule has 23 heavy (non-hydrogen) atoms. The number of aryl methyl sites for hydroxylation is 2. The Labute approximate surface area is 139 Å². The van der Waals surface area contributed by atoms with E-state index in [1.807, 2.05) is 32.0 Å². The van der Waals surface area contributed by atoms with Crippen molar-refractivity contribution in [1.82, 2.24) is 0 Å². The highest BCUT2D eigenvalue weighted by Gasteiger charge is 2.12. The zero-order valence-corrected chi connectivity index (χ0v) is 13.7. The molecular formula is C17H17F2NO2S. The summed E-state index contributed by atoms with van der Waals surface area (Å²) >= 11 is 4.81. The van der Waals surface area contributed by atoms with E-state index >= 15 is 0 Å². The second-order valence-corrected chi connectivity index (χ2v) is 5.36. The number of hydrogen-bond acceptors (Lipinski definition) is 3. The van der Waals surface area contributed by atoms with E-state index in [0.29, 0.717) is 11.4 Å². The van der Waals surface area contributed by atoms with Gasteiger partial charge in [0.05, 0.1) is 5.69 Å². The number of thiocarbonyl (C=S) groups is 1. The molecule has 0 aliphatic heterocycles. The van der Waals surface area contributed by atoms with Gasteiger partial charge in [-0.15, -0.1) is 0 Å². The van der Waals surface area contributed by atoms with Gasteiger partial charge in [-0.1, -0.05) is 23.8 Å². The van der Waals surface area contributed by atoms with E-state index in [1.165, 1.54) is 12.1 Å². The maximum absolute atomic E-state index is 14.1. The molecule has 0 unspecified atom stereocenters. The molecule has 0 spiro atoms. The Kier molecular flexibility index (Phi) is 5.87. The standard InChI is InChI=1S/C17H17F2NO2S/c1-11-6-7-16(12(2)8-11)21-9-13-14(19)4-3-5-15(13)20-17(23)22-10-18/h3-8H,9-10H2,1-2H3,(H,20,23). The normalized spacial score (nSPS) is 10.3. The zero-order valence-electron chi connectivity index (χ0n) is 12.9. The number of alkyl halides is 1. The van der Waals surface area contributed by atoms with E-state index in [1.54, 1.807) is 6.07 Å². The van der Waals surface area contributed by atoms with Crippen molar-refractivity contribution in [3.8, 4) is 5.75 Å². The minimum atomic E-state index is -1.05. The predicted octanol–water partition coefficient (Wildman–Crippen LogP) is 4.66. The number of anilines is 1. The maximum Gasteiger partial charge on any atom is 0.263 e. The monoisotopic (exact) mass is 337 g/mol. The van der Waals surface area contributed by atoms with E-state index in [-0.39, 0.29) is 17.3 Å². The van der Waals surface area contributed by atoms with Crippen molar-refractivity contribution in [1.29, 1.82) is 0 Å². The molecule has 0 radical (unpaired) electrons. The molecule has 0 amide bonds. The van der Waals surface area contributed by atoms with E-state index in [9.17, 15) is 8.78 Å². The third-order valence-electron chi connectivity index (χ3n) is 3.24. The molecule has 0 fully saturated rings. The van der Waals surface area contributed by atoms with Crippen molar-refractivity contribution in [2.45, 2.75) is 20.5 Å². The highest BCUT2D eigenvalue weighted by molar-refractivity contribution is 7.80. The minimum absolute atomic E-state index is 0.0111. The molecule has 1 N–H and O–H groups in total. The van der Waals surface area contributed by atoms with Gasteiger partial charge in [0.2, 0.25) is 6.86 Å². The Bertz CT molecular complexity index is 707. The number of halogens is 2. The lowest BCUT2D eigenvalue weighted by Crippen LogP contribution is -2.15. The molecule has 2 aromatic rings. The Hall–Kier alpha value is -2.21. The Morgan fingerprint density at radius 2 is 2.00 bits per heavy atom. The Morgan fingerprint density at radius 3 is 2.70 bits per heavy atom. The van der Waals surface area contributed by atoms with Crippen LogP contribution >= 0.6 is 12.2 Å². The van der Waals surface area contributed by atoms with Crippen molar-refractivity contribution in [3.05, 3.63) is 58.9 Å². The summed E-state index contributed by atoms with van der Waals surface area (Å²) in [4.78, 5) is 0.